The average molecular weight is 213 g/mol. The molecule has 1 aliphatic carbocycles. The van der Waals surface area contributed by atoms with Crippen LogP contribution in [0.5, 0.6) is 0 Å². The largest absolute Gasteiger partial charge is 0.353 e. The van der Waals surface area contributed by atoms with Gasteiger partial charge in [0.1, 0.15) is 0 Å². The Kier molecular flexibility index (Phi) is 6.62. The summed E-state index contributed by atoms with van der Waals surface area (Å²) in [6.45, 7) is 9.89. The van der Waals surface area contributed by atoms with Gasteiger partial charge >= 0.3 is 0 Å². The Morgan fingerprint density at radius 1 is 1.07 bits per heavy atom. The van der Waals surface area contributed by atoms with E-state index in [2.05, 4.69) is 5.32 Å². The molecular formula is C13H27NO. The van der Waals surface area contributed by atoms with Gasteiger partial charge in [0, 0.05) is 11.5 Å². The molecule has 0 saturated heterocycles. The number of amides is 1. The third-order valence-corrected chi connectivity index (χ3v) is 2.62. The predicted molar refractivity (Wildman–Crippen MR) is 65.8 cm³/mol. The molecule has 1 amide bonds. The minimum Gasteiger partial charge on any atom is -0.353 e. The van der Waals surface area contributed by atoms with Gasteiger partial charge in [0.15, 0.2) is 0 Å². The fraction of sp³-hybridized carbons (Fsp3) is 0.923. The molecule has 0 radical (unpaired) electrons. The van der Waals surface area contributed by atoms with Gasteiger partial charge in [-0.05, 0) is 12.8 Å². The van der Waals surface area contributed by atoms with E-state index >= 15 is 0 Å². The fourth-order valence-corrected chi connectivity index (χ4v) is 1.65. The Bertz CT molecular complexity index is 175. The lowest BCUT2D eigenvalue weighted by Gasteiger charge is -2.26. The summed E-state index contributed by atoms with van der Waals surface area (Å²) in [5.74, 6) is 0.194. The second-order valence-corrected chi connectivity index (χ2v) is 5.06. The topological polar surface area (TPSA) is 29.1 Å². The summed E-state index contributed by atoms with van der Waals surface area (Å²) >= 11 is 0. The van der Waals surface area contributed by atoms with Crippen LogP contribution in [-0.2, 0) is 4.79 Å². The standard InChI is InChI=1S/C11H21NO.C2H6/c1-11(2,3)10(13)12-9-7-5-4-6-8-9;1-2/h9H,4-8H2,1-3H3,(H,12,13);1-2H3. The van der Waals surface area contributed by atoms with E-state index in [-0.39, 0.29) is 11.3 Å². The molecule has 0 unspecified atom stereocenters. The second-order valence-electron chi connectivity index (χ2n) is 5.06. The molecule has 15 heavy (non-hydrogen) atoms. The first-order chi connectivity index (χ1) is 7.00. The van der Waals surface area contributed by atoms with E-state index in [4.69, 9.17) is 0 Å². The third-order valence-electron chi connectivity index (χ3n) is 2.62. The van der Waals surface area contributed by atoms with E-state index in [1.807, 2.05) is 34.6 Å². The minimum absolute atomic E-state index is 0.194. The van der Waals surface area contributed by atoms with E-state index in [0.29, 0.717) is 6.04 Å². The molecule has 1 rings (SSSR count). The van der Waals surface area contributed by atoms with Crippen molar-refractivity contribution in [3.63, 3.8) is 0 Å². The summed E-state index contributed by atoms with van der Waals surface area (Å²) in [4.78, 5) is 11.6. The van der Waals surface area contributed by atoms with Crippen molar-refractivity contribution in [2.24, 2.45) is 5.41 Å². The van der Waals surface area contributed by atoms with Gasteiger partial charge in [-0.15, -0.1) is 0 Å². The monoisotopic (exact) mass is 213 g/mol. The molecule has 0 spiro atoms. The van der Waals surface area contributed by atoms with Gasteiger partial charge in [-0.2, -0.15) is 0 Å². The van der Waals surface area contributed by atoms with Crippen molar-refractivity contribution in [1.29, 1.82) is 0 Å². The highest BCUT2D eigenvalue weighted by Gasteiger charge is 2.24. The van der Waals surface area contributed by atoms with Gasteiger partial charge in [0.2, 0.25) is 5.91 Å². The van der Waals surface area contributed by atoms with Gasteiger partial charge in [0.25, 0.3) is 0 Å². The molecular weight excluding hydrogens is 186 g/mol. The molecule has 0 bridgehead atoms. The summed E-state index contributed by atoms with van der Waals surface area (Å²) in [7, 11) is 0. The summed E-state index contributed by atoms with van der Waals surface area (Å²) in [6, 6.07) is 0.445. The van der Waals surface area contributed by atoms with Crippen molar-refractivity contribution in [3.05, 3.63) is 0 Å². The van der Waals surface area contributed by atoms with Crippen molar-refractivity contribution in [3.8, 4) is 0 Å². The van der Waals surface area contributed by atoms with Crippen molar-refractivity contribution in [2.75, 3.05) is 0 Å². The van der Waals surface area contributed by atoms with E-state index in [1.54, 1.807) is 0 Å². The first-order valence-electron chi connectivity index (χ1n) is 6.31. The van der Waals surface area contributed by atoms with Crippen LogP contribution < -0.4 is 5.32 Å². The molecule has 0 atom stereocenters. The van der Waals surface area contributed by atoms with Crippen molar-refractivity contribution in [2.45, 2.75) is 72.8 Å². The van der Waals surface area contributed by atoms with Crippen LogP contribution in [0.15, 0.2) is 0 Å². The predicted octanol–water partition coefficient (Wildman–Crippen LogP) is 3.51. The van der Waals surface area contributed by atoms with E-state index in [9.17, 15) is 4.79 Å². The molecule has 0 aromatic rings. The minimum atomic E-state index is -0.239. The van der Waals surface area contributed by atoms with E-state index < -0.39 is 0 Å². The van der Waals surface area contributed by atoms with Crippen molar-refractivity contribution >= 4 is 5.91 Å². The maximum atomic E-state index is 11.6. The Morgan fingerprint density at radius 2 is 1.53 bits per heavy atom. The maximum absolute atomic E-state index is 11.6. The number of carbonyl (C=O) groups is 1. The zero-order valence-corrected chi connectivity index (χ0v) is 11.0. The zero-order valence-electron chi connectivity index (χ0n) is 11.0. The normalized spacial score (nSPS) is 17.7. The van der Waals surface area contributed by atoms with E-state index in [1.165, 1.54) is 32.1 Å². The molecule has 1 N–H and O–H groups in total. The van der Waals surface area contributed by atoms with Crippen LogP contribution in [0.25, 0.3) is 0 Å². The lowest BCUT2D eigenvalue weighted by molar-refractivity contribution is -0.129. The second kappa shape index (κ2) is 6.86. The van der Waals surface area contributed by atoms with Crippen LogP contribution in [-0.4, -0.2) is 11.9 Å². The lowest BCUT2D eigenvalue weighted by Crippen LogP contribution is -2.42. The zero-order chi connectivity index (χ0) is 11.9. The van der Waals surface area contributed by atoms with Gasteiger partial charge in [0.05, 0.1) is 0 Å². The highest BCUT2D eigenvalue weighted by molar-refractivity contribution is 5.81. The number of carbonyl (C=O) groups excluding carboxylic acids is 1. The first kappa shape index (κ1) is 14.5. The smallest absolute Gasteiger partial charge is 0.225 e. The van der Waals surface area contributed by atoms with Crippen LogP contribution in [0.1, 0.15) is 66.7 Å². The lowest BCUT2D eigenvalue weighted by atomic mass is 9.91. The summed E-state index contributed by atoms with van der Waals surface area (Å²) in [5, 5.41) is 3.12. The van der Waals surface area contributed by atoms with Gasteiger partial charge in [-0.3, -0.25) is 4.79 Å². The van der Waals surface area contributed by atoms with E-state index in [0.717, 1.165) is 0 Å². The van der Waals surface area contributed by atoms with Gasteiger partial charge in [-0.25, -0.2) is 0 Å². The number of hydrogen-bond acceptors (Lipinski definition) is 1. The Balaban J connectivity index is 0.000000921. The maximum Gasteiger partial charge on any atom is 0.225 e. The SMILES string of the molecule is CC.CC(C)(C)C(=O)NC1CCCCC1. The van der Waals surface area contributed by atoms with Gasteiger partial charge < -0.3 is 5.32 Å². The number of rotatable bonds is 1. The van der Waals surface area contributed by atoms with Crippen molar-refractivity contribution < 1.29 is 4.79 Å². The Labute approximate surface area is 94.8 Å². The fourth-order valence-electron chi connectivity index (χ4n) is 1.65. The molecule has 0 aromatic carbocycles. The first-order valence-corrected chi connectivity index (χ1v) is 6.31. The Morgan fingerprint density at radius 3 is 1.93 bits per heavy atom. The number of hydrogen-bond donors (Lipinski definition) is 1. The molecule has 1 aliphatic rings. The van der Waals surface area contributed by atoms with Gasteiger partial charge in [-0.1, -0.05) is 53.9 Å². The number of nitrogens with one attached hydrogen (secondary N) is 1. The summed E-state index contributed by atoms with van der Waals surface area (Å²) in [6.07, 6.45) is 6.22. The molecule has 0 aromatic heterocycles. The third kappa shape index (κ3) is 5.81. The molecule has 0 aliphatic heterocycles. The van der Waals surface area contributed by atoms with Crippen LogP contribution in [0.3, 0.4) is 0 Å². The van der Waals surface area contributed by atoms with Crippen LogP contribution >= 0.6 is 0 Å². The van der Waals surface area contributed by atoms with Crippen LogP contribution in [0, 0.1) is 5.41 Å². The Hall–Kier alpha value is -0.530. The average Bonchev–Trinajstić information content (AvgIpc) is 2.21. The highest BCUT2D eigenvalue weighted by Crippen LogP contribution is 2.20. The summed E-state index contributed by atoms with van der Waals surface area (Å²) in [5.41, 5.74) is -0.239. The summed E-state index contributed by atoms with van der Waals surface area (Å²) < 4.78 is 0. The molecule has 90 valence electrons. The highest BCUT2D eigenvalue weighted by atomic mass is 16.2. The molecule has 2 nitrogen and oxygen atoms in total. The molecule has 1 fully saturated rings. The van der Waals surface area contributed by atoms with Crippen LogP contribution in [0.2, 0.25) is 0 Å². The van der Waals surface area contributed by atoms with Crippen molar-refractivity contribution in [1.82, 2.24) is 5.32 Å². The molecule has 1 saturated carbocycles. The molecule has 0 heterocycles. The van der Waals surface area contributed by atoms with Crippen LogP contribution in [0.4, 0.5) is 0 Å². The quantitative estimate of drug-likeness (QED) is 0.709. The molecule has 2 heteroatoms.